The van der Waals surface area contributed by atoms with E-state index < -0.39 is 8.24 Å². The van der Waals surface area contributed by atoms with E-state index >= 15 is 0 Å². The van der Waals surface area contributed by atoms with Crippen molar-refractivity contribution >= 4 is 20.4 Å². The fraction of sp³-hybridized carbons (Fsp3) is 0.636. The summed E-state index contributed by atoms with van der Waals surface area (Å²) >= 11 is 0. The van der Waals surface area contributed by atoms with E-state index in [9.17, 15) is 0 Å². The summed E-state index contributed by atoms with van der Waals surface area (Å²) in [5.74, 6) is 3.16. The first-order valence-electron chi connectivity index (χ1n) is 10.2. The molecule has 25 heavy (non-hydrogen) atoms. The lowest BCUT2D eigenvalue weighted by Gasteiger charge is -2.48. The number of hydrogen-bond donors (Lipinski definition) is 1. The molecule has 0 aromatic heterocycles. The van der Waals surface area contributed by atoms with Crippen molar-refractivity contribution in [2.75, 3.05) is 26.2 Å². The van der Waals surface area contributed by atoms with Crippen molar-refractivity contribution in [3.8, 4) is 0 Å². The molecule has 1 heterocycles. The average molecular weight is 355 g/mol. The van der Waals surface area contributed by atoms with Gasteiger partial charge in [-0.1, -0.05) is 63.4 Å². The number of rotatable bonds is 3. The van der Waals surface area contributed by atoms with Crippen molar-refractivity contribution in [2.45, 2.75) is 38.9 Å². The molecule has 4 unspecified atom stereocenters. The summed E-state index contributed by atoms with van der Waals surface area (Å²) in [5.41, 5.74) is 0.875. The van der Waals surface area contributed by atoms with E-state index in [1.54, 1.807) is 0 Å². The normalized spacial score (nSPS) is 32.7. The number of hydrogen-bond acceptors (Lipinski definition) is 2. The second kappa shape index (κ2) is 6.68. The SMILES string of the molecule is CC(C)C1CC2C=c3ccccc3=CC2C1[Si](C)(C)N1CCNCC1. The molecule has 4 rings (SSSR count). The summed E-state index contributed by atoms with van der Waals surface area (Å²) < 4.78 is 2.90. The number of nitrogens with one attached hydrogen (secondary N) is 1. The van der Waals surface area contributed by atoms with Gasteiger partial charge in [0, 0.05) is 26.2 Å². The van der Waals surface area contributed by atoms with Gasteiger partial charge in [-0.3, -0.25) is 0 Å². The van der Waals surface area contributed by atoms with Crippen LogP contribution in [0, 0.1) is 23.7 Å². The van der Waals surface area contributed by atoms with Gasteiger partial charge in [0.1, 0.15) is 8.24 Å². The highest BCUT2D eigenvalue weighted by molar-refractivity contribution is 6.76. The van der Waals surface area contributed by atoms with E-state index in [-0.39, 0.29) is 0 Å². The Kier molecular flexibility index (Phi) is 4.68. The Hall–Kier alpha value is -0.903. The Morgan fingerprint density at radius 3 is 2.32 bits per heavy atom. The van der Waals surface area contributed by atoms with E-state index in [0.29, 0.717) is 0 Å². The Morgan fingerprint density at radius 2 is 1.68 bits per heavy atom. The Balaban J connectivity index is 1.74. The molecule has 1 saturated heterocycles. The minimum absolute atomic E-state index is 0.749. The lowest BCUT2D eigenvalue weighted by molar-refractivity contribution is 0.321. The first-order chi connectivity index (χ1) is 12.0. The maximum absolute atomic E-state index is 3.55. The van der Waals surface area contributed by atoms with Crippen LogP contribution < -0.4 is 15.8 Å². The molecule has 0 radical (unpaired) electrons. The first kappa shape index (κ1) is 17.5. The first-order valence-corrected chi connectivity index (χ1v) is 13.3. The Bertz CT molecular complexity index is 733. The summed E-state index contributed by atoms with van der Waals surface area (Å²) in [4.78, 5) is 0. The zero-order valence-electron chi connectivity index (χ0n) is 16.3. The van der Waals surface area contributed by atoms with Crippen molar-refractivity contribution in [1.82, 2.24) is 9.88 Å². The largest absolute Gasteiger partial charge is 0.321 e. The summed E-state index contributed by atoms with van der Waals surface area (Å²) in [6, 6.07) is 9.02. The van der Waals surface area contributed by atoms with Crippen LogP contribution in [0.4, 0.5) is 0 Å². The number of nitrogens with zero attached hydrogens (tertiary/aromatic N) is 1. The molecule has 1 aromatic rings. The van der Waals surface area contributed by atoms with Gasteiger partial charge in [0.25, 0.3) is 0 Å². The highest BCUT2D eigenvalue weighted by Gasteiger charge is 2.52. The van der Waals surface area contributed by atoms with Gasteiger partial charge in [-0.05, 0) is 46.1 Å². The van der Waals surface area contributed by atoms with E-state index in [0.717, 1.165) is 29.2 Å². The second-order valence-electron chi connectivity index (χ2n) is 9.26. The molecule has 136 valence electrons. The van der Waals surface area contributed by atoms with Crippen molar-refractivity contribution in [1.29, 1.82) is 0 Å². The lowest BCUT2D eigenvalue weighted by Crippen LogP contribution is -2.60. The molecule has 1 saturated carbocycles. The number of piperazine rings is 1. The minimum atomic E-state index is -1.48. The molecule has 4 atom stereocenters. The van der Waals surface area contributed by atoms with Crippen LogP contribution in [-0.2, 0) is 0 Å². The van der Waals surface area contributed by atoms with Crippen LogP contribution in [0.2, 0.25) is 18.6 Å². The van der Waals surface area contributed by atoms with Gasteiger partial charge in [0.15, 0.2) is 0 Å². The molecule has 1 aliphatic heterocycles. The zero-order chi connectivity index (χ0) is 17.6. The number of fused-ring (bicyclic) bond motifs is 2. The molecule has 0 bridgehead atoms. The fourth-order valence-electron chi connectivity index (χ4n) is 5.96. The zero-order valence-corrected chi connectivity index (χ0v) is 17.3. The van der Waals surface area contributed by atoms with Crippen LogP contribution in [0.15, 0.2) is 24.3 Å². The van der Waals surface area contributed by atoms with Gasteiger partial charge >= 0.3 is 0 Å². The molecule has 1 N–H and O–H groups in total. The van der Waals surface area contributed by atoms with E-state index in [1.807, 2.05) is 0 Å². The monoisotopic (exact) mass is 354 g/mol. The molecule has 0 amide bonds. The van der Waals surface area contributed by atoms with Gasteiger partial charge < -0.3 is 9.88 Å². The van der Waals surface area contributed by atoms with Crippen LogP contribution in [0.5, 0.6) is 0 Å². The third-order valence-corrected chi connectivity index (χ3v) is 11.8. The molecule has 3 heteroatoms. The summed E-state index contributed by atoms with van der Waals surface area (Å²) in [6.07, 6.45) is 6.65. The van der Waals surface area contributed by atoms with Crippen LogP contribution in [0.1, 0.15) is 20.3 Å². The molecule has 0 spiro atoms. The molecule has 2 aliphatic carbocycles. The summed E-state index contributed by atoms with van der Waals surface area (Å²) in [6.45, 7) is 15.1. The molecule has 2 nitrogen and oxygen atoms in total. The second-order valence-corrected chi connectivity index (χ2v) is 13.9. The molecule has 2 fully saturated rings. The predicted octanol–water partition coefficient (Wildman–Crippen LogP) is 2.65. The highest BCUT2D eigenvalue weighted by atomic mass is 28.3. The van der Waals surface area contributed by atoms with Crippen LogP contribution in [0.3, 0.4) is 0 Å². The summed E-state index contributed by atoms with van der Waals surface area (Å²) in [7, 11) is -1.48. The Morgan fingerprint density at radius 1 is 1.04 bits per heavy atom. The van der Waals surface area contributed by atoms with Crippen molar-refractivity contribution in [2.24, 2.45) is 23.7 Å². The van der Waals surface area contributed by atoms with Crippen molar-refractivity contribution in [3.05, 3.63) is 34.7 Å². The Labute approximate surface area is 154 Å². The third-order valence-electron chi connectivity index (χ3n) is 7.28. The van der Waals surface area contributed by atoms with Crippen molar-refractivity contribution in [3.63, 3.8) is 0 Å². The van der Waals surface area contributed by atoms with E-state index in [2.05, 4.69) is 73.2 Å². The highest BCUT2D eigenvalue weighted by Crippen LogP contribution is 2.55. The molecule has 1 aromatic carbocycles. The fourth-order valence-corrected chi connectivity index (χ4v) is 10.6. The standard InChI is InChI=1S/C22H34N2Si/c1-16(2)20-15-19-13-17-7-5-6-8-18(17)14-21(19)22(20)25(3,4)24-11-9-23-10-12-24/h5-8,13-14,16,19-23H,9-12,15H2,1-4H3. The maximum atomic E-state index is 3.55. The van der Waals surface area contributed by atoms with E-state index in [1.165, 1.54) is 43.0 Å². The molecular weight excluding hydrogens is 320 g/mol. The topological polar surface area (TPSA) is 15.3 Å². The molecular formula is C22H34N2Si. The summed E-state index contributed by atoms with van der Waals surface area (Å²) in [5, 5.41) is 6.49. The molecule has 3 aliphatic rings. The lowest BCUT2D eigenvalue weighted by atomic mass is 9.89. The van der Waals surface area contributed by atoms with Gasteiger partial charge in [0.05, 0.1) is 0 Å². The van der Waals surface area contributed by atoms with Gasteiger partial charge in [0.2, 0.25) is 0 Å². The van der Waals surface area contributed by atoms with Crippen LogP contribution in [-0.4, -0.2) is 39.0 Å². The average Bonchev–Trinajstić information content (AvgIpc) is 3.00. The number of benzene rings is 1. The van der Waals surface area contributed by atoms with Gasteiger partial charge in [-0.25, -0.2) is 0 Å². The van der Waals surface area contributed by atoms with E-state index in [4.69, 9.17) is 0 Å². The van der Waals surface area contributed by atoms with Gasteiger partial charge in [-0.2, -0.15) is 0 Å². The smallest absolute Gasteiger partial charge is 0.126 e. The van der Waals surface area contributed by atoms with Gasteiger partial charge in [-0.15, -0.1) is 0 Å². The predicted molar refractivity (Wildman–Crippen MR) is 110 cm³/mol. The minimum Gasteiger partial charge on any atom is -0.321 e. The maximum Gasteiger partial charge on any atom is 0.126 e. The third kappa shape index (κ3) is 3.05. The van der Waals surface area contributed by atoms with Crippen LogP contribution in [0.25, 0.3) is 12.2 Å². The van der Waals surface area contributed by atoms with Crippen molar-refractivity contribution < 1.29 is 0 Å². The quantitative estimate of drug-likeness (QED) is 0.840. The van der Waals surface area contributed by atoms with Crippen LogP contribution >= 0.6 is 0 Å².